The molecule has 0 fully saturated rings. The number of ether oxygens (including phenoxy) is 5. The van der Waals surface area contributed by atoms with Gasteiger partial charge in [-0.25, -0.2) is 4.79 Å². The first-order chi connectivity index (χ1) is 20.3. The summed E-state index contributed by atoms with van der Waals surface area (Å²) in [5.41, 5.74) is 2.09. The highest BCUT2D eigenvalue weighted by atomic mass is 16.7. The smallest absolute Gasteiger partial charge is 0.414 e. The molecule has 0 radical (unpaired) electrons. The minimum atomic E-state index is -1.25. The second kappa shape index (κ2) is 11.9. The molecule has 42 heavy (non-hydrogen) atoms. The van der Waals surface area contributed by atoms with Crippen LogP contribution in [0.3, 0.4) is 0 Å². The van der Waals surface area contributed by atoms with Crippen molar-refractivity contribution in [2.45, 2.75) is 18.4 Å². The second-order valence-electron chi connectivity index (χ2n) is 10.2. The van der Waals surface area contributed by atoms with Crippen LogP contribution in [0.15, 0.2) is 85.3 Å². The number of carbonyl (C=O) groups excluding carboxylic acids is 2. The van der Waals surface area contributed by atoms with Crippen molar-refractivity contribution in [3.05, 3.63) is 102 Å². The first kappa shape index (κ1) is 28.6. The summed E-state index contributed by atoms with van der Waals surface area (Å²) in [4.78, 5) is 30.1. The highest BCUT2D eigenvalue weighted by Crippen LogP contribution is 2.57. The zero-order valence-corrected chi connectivity index (χ0v) is 24.2. The van der Waals surface area contributed by atoms with Gasteiger partial charge in [-0.05, 0) is 47.5 Å². The summed E-state index contributed by atoms with van der Waals surface area (Å²) in [5, 5.41) is 0. The molecule has 1 atom stereocenters. The van der Waals surface area contributed by atoms with Crippen LogP contribution in [0, 0.1) is 0 Å². The van der Waals surface area contributed by atoms with E-state index in [2.05, 4.69) is 6.58 Å². The lowest BCUT2D eigenvalue weighted by Gasteiger charge is -2.37. The molecule has 2 amide bonds. The Morgan fingerprint density at radius 1 is 1.05 bits per heavy atom. The van der Waals surface area contributed by atoms with Gasteiger partial charge in [0.2, 0.25) is 5.91 Å². The molecule has 0 saturated carbocycles. The number of amides is 2. The Kier molecular flexibility index (Phi) is 8.10. The molecule has 2 heterocycles. The molecule has 2 aliphatic heterocycles. The molecular formula is C33H34N2O7. The summed E-state index contributed by atoms with van der Waals surface area (Å²) < 4.78 is 29.5. The molecule has 3 aromatic rings. The molecule has 9 nitrogen and oxygen atoms in total. The van der Waals surface area contributed by atoms with E-state index in [1.54, 1.807) is 51.4 Å². The van der Waals surface area contributed by atoms with E-state index in [4.69, 9.17) is 23.7 Å². The van der Waals surface area contributed by atoms with Crippen LogP contribution < -0.4 is 19.1 Å². The van der Waals surface area contributed by atoms with E-state index >= 15 is 0 Å². The predicted octanol–water partition coefficient (Wildman–Crippen LogP) is 5.54. The number of fused-ring (bicyclic) bond motifs is 2. The van der Waals surface area contributed by atoms with Gasteiger partial charge < -0.3 is 33.5 Å². The van der Waals surface area contributed by atoms with E-state index in [0.717, 1.165) is 16.9 Å². The van der Waals surface area contributed by atoms with Crippen molar-refractivity contribution in [2.24, 2.45) is 0 Å². The van der Waals surface area contributed by atoms with Gasteiger partial charge in [-0.15, -0.1) is 0 Å². The fraction of sp³-hybridized carbons (Fsp3) is 0.273. The number of carbonyl (C=O) groups is 2. The Labute approximate surface area is 245 Å². The van der Waals surface area contributed by atoms with Crippen molar-refractivity contribution < 1.29 is 33.3 Å². The van der Waals surface area contributed by atoms with Crippen molar-refractivity contribution in [2.75, 3.05) is 46.4 Å². The topological polar surface area (TPSA) is 86.8 Å². The van der Waals surface area contributed by atoms with Crippen molar-refractivity contribution in [1.29, 1.82) is 0 Å². The normalized spacial score (nSPS) is 17.4. The molecule has 1 spiro atoms. The van der Waals surface area contributed by atoms with Gasteiger partial charge in [0, 0.05) is 33.1 Å². The third kappa shape index (κ3) is 5.02. The Morgan fingerprint density at radius 2 is 1.79 bits per heavy atom. The maximum Gasteiger partial charge on any atom is 0.414 e. The first-order valence-corrected chi connectivity index (χ1v) is 13.6. The molecule has 0 saturated heterocycles. The number of hydrogen-bond acceptors (Lipinski definition) is 7. The third-order valence-corrected chi connectivity index (χ3v) is 7.44. The highest BCUT2D eigenvalue weighted by Gasteiger charge is 2.58. The van der Waals surface area contributed by atoms with E-state index in [-0.39, 0.29) is 31.7 Å². The summed E-state index contributed by atoms with van der Waals surface area (Å²) in [6, 6.07) is 20.3. The maximum absolute atomic E-state index is 14.4. The molecular weight excluding hydrogens is 536 g/mol. The number of methoxy groups -OCH3 is 1. The summed E-state index contributed by atoms with van der Waals surface area (Å²) in [6.07, 6.45) is 1.38. The largest absolute Gasteiger partial charge is 0.497 e. The van der Waals surface area contributed by atoms with Crippen LogP contribution in [-0.4, -0.2) is 58.4 Å². The van der Waals surface area contributed by atoms with Crippen LogP contribution in [0.2, 0.25) is 0 Å². The molecule has 218 valence electrons. The van der Waals surface area contributed by atoms with Gasteiger partial charge in [0.25, 0.3) is 5.95 Å². The quantitative estimate of drug-likeness (QED) is 0.312. The molecule has 0 bridgehead atoms. The highest BCUT2D eigenvalue weighted by molar-refractivity contribution is 6.17. The van der Waals surface area contributed by atoms with Crippen LogP contribution in [0.1, 0.15) is 23.1 Å². The molecule has 0 aliphatic carbocycles. The molecule has 0 aromatic heterocycles. The maximum atomic E-state index is 14.4. The monoisotopic (exact) mass is 570 g/mol. The lowest BCUT2D eigenvalue weighted by atomic mass is 9.68. The molecule has 5 rings (SSSR count). The average molecular weight is 571 g/mol. The van der Waals surface area contributed by atoms with Crippen molar-refractivity contribution >= 4 is 23.3 Å². The van der Waals surface area contributed by atoms with Crippen LogP contribution in [-0.2, 0) is 26.3 Å². The van der Waals surface area contributed by atoms with Gasteiger partial charge in [-0.2, -0.15) is 0 Å². The predicted molar refractivity (Wildman–Crippen MR) is 159 cm³/mol. The number of rotatable bonds is 9. The second-order valence-corrected chi connectivity index (χ2v) is 10.2. The number of anilines is 1. The number of nitrogens with zero attached hydrogens (tertiary/aromatic N) is 2. The Balaban J connectivity index is 1.68. The Hall–Kier alpha value is -4.92. The lowest BCUT2D eigenvalue weighted by molar-refractivity contribution is -0.122. The molecule has 0 N–H and O–H groups in total. The number of likely N-dealkylation sites (N-methyl/N-ethyl adjacent to an activating group) is 1. The third-order valence-electron chi connectivity index (χ3n) is 7.44. The van der Waals surface area contributed by atoms with Crippen LogP contribution in [0.25, 0.3) is 5.57 Å². The fourth-order valence-electron chi connectivity index (χ4n) is 5.44. The molecule has 9 heteroatoms. The van der Waals surface area contributed by atoms with Gasteiger partial charge in [-0.3, -0.25) is 4.79 Å². The zero-order chi connectivity index (χ0) is 29.9. The standard InChI is InChI=1S/C33H34N2O7/c1-6-19-39-30-28(25-11-8-7-10-22(25)21-41-24-16-14-23(38-5)15-17-24)33(18-20-40-30)29-26(35(4)31(33)36)12-9-13-27(29)42-32(37)34(2)3/h6-17H,1,18-21H2,2-5H3. The molecule has 3 aromatic carbocycles. The van der Waals surface area contributed by atoms with Crippen molar-refractivity contribution in [3.63, 3.8) is 0 Å². The Morgan fingerprint density at radius 3 is 2.50 bits per heavy atom. The van der Waals surface area contributed by atoms with E-state index in [1.165, 1.54) is 4.90 Å². The van der Waals surface area contributed by atoms with E-state index in [1.807, 2.05) is 54.6 Å². The fourth-order valence-corrected chi connectivity index (χ4v) is 5.44. The summed E-state index contributed by atoms with van der Waals surface area (Å²) >= 11 is 0. The SMILES string of the molecule is C=CCOC1=C(c2ccccc2COc2ccc(OC)cc2)C2(CCO1)C(=O)N(C)c1cccc(OC(=O)N(C)C)c12. The summed E-state index contributed by atoms with van der Waals surface area (Å²) in [7, 11) is 6.56. The van der Waals surface area contributed by atoms with Crippen LogP contribution >= 0.6 is 0 Å². The van der Waals surface area contributed by atoms with Gasteiger partial charge in [0.15, 0.2) is 0 Å². The van der Waals surface area contributed by atoms with Crippen LogP contribution in [0.4, 0.5) is 10.5 Å². The molecule has 1 unspecified atom stereocenters. The zero-order valence-electron chi connectivity index (χ0n) is 24.2. The number of benzene rings is 3. The summed E-state index contributed by atoms with van der Waals surface area (Å²) in [6.45, 7) is 4.39. The van der Waals surface area contributed by atoms with Crippen LogP contribution in [0.5, 0.6) is 17.2 Å². The summed E-state index contributed by atoms with van der Waals surface area (Å²) in [5.74, 6) is 1.75. The van der Waals surface area contributed by atoms with E-state index in [0.29, 0.717) is 34.7 Å². The lowest BCUT2D eigenvalue weighted by Crippen LogP contribution is -2.44. The molecule has 2 aliphatic rings. The van der Waals surface area contributed by atoms with Gasteiger partial charge in [0.05, 0.1) is 25.0 Å². The minimum Gasteiger partial charge on any atom is -0.497 e. The van der Waals surface area contributed by atoms with E-state index < -0.39 is 11.5 Å². The van der Waals surface area contributed by atoms with E-state index in [9.17, 15) is 9.59 Å². The van der Waals surface area contributed by atoms with Crippen molar-refractivity contribution in [3.8, 4) is 17.2 Å². The Bertz CT molecular complexity index is 1530. The van der Waals surface area contributed by atoms with Gasteiger partial charge in [0.1, 0.15) is 35.9 Å². The first-order valence-electron chi connectivity index (χ1n) is 13.6. The number of hydrogen-bond donors (Lipinski definition) is 0. The van der Waals surface area contributed by atoms with Gasteiger partial charge in [-0.1, -0.05) is 43.0 Å². The van der Waals surface area contributed by atoms with Crippen molar-refractivity contribution in [1.82, 2.24) is 4.90 Å². The minimum absolute atomic E-state index is 0.172. The van der Waals surface area contributed by atoms with Gasteiger partial charge >= 0.3 is 6.09 Å². The average Bonchev–Trinajstić information content (AvgIpc) is 3.22.